The lowest BCUT2D eigenvalue weighted by atomic mass is 10.0. The topological polar surface area (TPSA) is 79.8 Å². The predicted octanol–water partition coefficient (Wildman–Crippen LogP) is 4.08. The Hall–Kier alpha value is -3.60. The molecule has 2 aromatic carbocycles. The number of nitrogens with one attached hydrogen (secondary N) is 1. The minimum absolute atomic E-state index is 0.240. The highest BCUT2D eigenvalue weighted by molar-refractivity contribution is 5.94. The smallest absolute Gasteiger partial charge is 0.484 e. The first-order valence-corrected chi connectivity index (χ1v) is 11.1. The molecular formula is C24H26F3N5O3. The van der Waals surface area contributed by atoms with Crippen LogP contribution in [0, 0.1) is 0 Å². The zero-order chi connectivity index (χ0) is 25.0. The van der Waals surface area contributed by atoms with E-state index in [2.05, 4.69) is 43.9 Å². The Kier molecular flexibility index (Phi) is 7.25. The number of hydrogen-bond acceptors (Lipinski definition) is 7. The second kappa shape index (κ2) is 10.3. The summed E-state index contributed by atoms with van der Waals surface area (Å²) in [5.74, 6) is 0.158. The van der Waals surface area contributed by atoms with E-state index in [-0.39, 0.29) is 18.1 Å². The number of benzene rings is 2. The van der Waals surface area contributed by atoms with Crippen molar-refractivity contribution < 1.29 is 27.4 Å². The standard InChI is InChI=1S/C24H26F3N5O3/c1-31(2)18-9-11-32(12-10-18)23-28-14-16-13-17(3-8-21(16)30-23)29-22(33)15-34-19-4-6-20(7-5-19)35-24(25,26)27/h3-8,13-14,18H,9-12,15H2,1-2H3,(H,29,33). The van der Waals surface area contributed by atoms with Crippen molar-refractivity contribution in [2.24, 2.45) is 0 Å². The number of fused-ring (bicyclic) bond motifs is 1. The van der Waals surface area contributed by atoms with E-state index >= 15 is 0 Å². The third-order valence-electron chi connectivity index (χ3n) is 5.76. The van der Waals surface area contributed by atoms with Crippen LogP contribution >= 0.6 is 0 Å². The number of hydrogen-bond donors (Lipinski definition) is 1. The highest BCUT2D eigenvalue weighted by Crippen LogP contribution is 2.25. The van der Waals surface area contributed by atoms with Gasteiger partial charge in [0.1, 0.15) is 11.5 Å². The minimum Gasteiger partial charge on any atom is -0.484 e. The van der Waals surface area contributed by atoms with Gasteiger partial charge in [-0.05, 0) is 69.4 Å². The summed E-state index contributed by atoms with van der Waals surface area (Å²) in [6.07, 6.45) is -0.899. The number of rotatable bonds is 7. The molecule has 1 aliphatic rings. The first kappa shape index (κ1) is 24.5. The van der Waals surface area contributed by atoms with Gasteiger partial charge in [-0.3, -0.25) is 4.79 Å². The Morgan fingerprint density at radius 2 is 1.80 bits per heavy atom. The molecule has 1 N–H and O–H groups in total. The van der Waals surface area contributed by atoms with Crippen LogP contribution in [-0.4, -0.2) is 67.0 Å². The Morgan fingerprint density at radius 1 is 1.11 bits per heavy atom. The summed E-state index contributed by atoms with van der Waals surface area (Å²) < 4.78 is 45.8. The fraction of sp³-hybridized carbons (Fsp3) is 0.375. The largest absolute Gasteiger partial charge is 0.573 e. The molecule has 1 aromatic heterocycles. The van der Waals surface area contributed by atoms with Crippen molar-refractivity contribution in [1.29, 1.82) is 0 Å². The van der Waals surface area contributed by atoms with Gasteiger partial charge >= 0.3 is 6.36 Å². The number of ether oxygens (including phenoxy) is 2. The SMILES string of the molecule is CN(C)C1CCN(c2ncc3cc(NC(=O)COc4ccc(OC(F)(F)F)cc4)ccc3n2)CC1. The quantitative estimate of drug-likeness (QED) is 0.536. The monoisotopic (exact) mass is 489 g/mol. The maximum atomic E-state index is 12.3. The molecule has 0 saturated carbocycles. The molecule has 0 bridgehead atoms. The average molecular weight is 489 g/mol. The summed E-state index contributed by atoms with van der Waals surface area (Å²) in [5, 5.41) is 3.52. The van der Waals surface area contributed by atoms with Crippen LogP contribution in [0.2, 0.25) is 0 Å². The number of carbonyl (C=O) groups excluding carboxylic acids is 1. The highest BCUT2D eigenvalue weighted by Gasteiger charge is 2.31. The first-order valence-electron chi connectivity index (χ1n) is 11.1. The number of aromatic nitrogens is 2. The van der Waals surface area contributed by atoms with Gasteiger partial charge in [0.25, 0.3) is 5.91 Å². The van der Waals surface area contributed by atoms with Gasteiger partial charge in [0.05, 0.1) is 5.52 Å². The molecule has 0 spiro atoms. The van der Waals surface area contributed by atoms with E-state index in [1.807, 2.05) is 6.07 Å². The second-order valence-corrected chi connectivity index (χ2v) is 8.48. The average Bonchev–Trinajstić information content (AvgIpc) is 2.82. The molecule has 8 nitrogen and oxygen atoms in total. The Morgan fingerprint density at radius 3 is 2.46 bits per heavy atom. The van der Waals surface area contributed by atoms with E-state index in [0.717, 1.165) is 49.0 Å². The van der Waals surface area contributed by atoms with Gasteiger partial charge in [0.2, 0.25) is 5.95 Å². The van der Waals surface area contributed by atoms with E-state index in [9.17, 15) is 18.0 Å². The maximum absolute atomic E-state index is 12.3. The molecule has 35 heavy (non-hydrogen) atoms. The van der Waals surface area contributed by atoms with Gasteiger partial charge in [-0.1, -0.05) is 0 Å². The molecule has 4 rings (SSSR count). The van der Waals surface area contributed by atoms with Gasteiger partial charge < -0.3 is 24.6 Å². The third kappa shape index (κ3) is 6.72. The fourth-order valence-corrected chi connectivity index (χ4v) is 3.92. The molecule has 1 amide bonds. The third-order valence-corrected chi connectivity index (χ3v) is 5.76. The van der Waals surface area contributed by atoms with Crippen LogP contribution in [0.3, 0.4) is 0 Å². The van der Waals surface area contributed by atoms with Crippen LogP contribution < -0.4 is 19.7 Å². The molecule has 1 fully saturated rings. The summed E-state index contributed by atoms with van der Waals surface area (Å²) in [5.41, 5.74) is 1.34. The Labute approximate surface area is 200 Å². The summed E-state index contributed by atoms with van der Waals surface area (Å²) >= 11 is 0. The van der Waals surface area contributed by atoms with Crippen molar-refractivity contribution in [2.45, 2.75) is 25.2 Å². The van der Waals surface area contributed by atoms with Crippen LogP contribution in [0.15, 0.2) is 48.7 Å². The number of alkyl halides is 3. The number of piperidine rings is 1. The number of anilines is 2. The molecule has 0 aliphatic carbocycles. The van der Waals surface area contributed by atoms with Crippen molar-refractivity contribution in [3.8, 4) is 11.5 Å². The summed E-state index contributed by atoms with van der Waals surface area (Å²) in [6, 6.07) is 10.7. The lowest BCUT2D eigenvalue weighted by Gasteiger charge is -2.35. The maximum Gasteiger partial charge on any atom is 0.573 e. The molecule has 2 heterocycles. The molecule has 1 aliphatic heterocycles. The first-order chi connectivity index (χ1) is 16.7. The number of nitrogens with zero attached hydrogens (tertiary/aromatic N) is 4. The van der Waals surface area contributed by atoms with Crippen LogP contribution in [0.1, 0.15) is 12.8 Å². The molecule has 1 saturated heterocycles. The predicted molar refractivity (Wildman–Crippen MR) is 126 cm³/mol. The highest BCUT2D eigenvalue weighted by atomic mass is 19.4. The van der Waals surface area contributed by atoms with Gasteiger partial charge in [-0.15, -0.1) is 13.2 Å². The zero-order valence-corrected chi connectivity index (χ0v) is 19.4. The number of amides is 1. The van der Waals surface area contributed by atoms with Crippen LogP contribution in [0.25, 0.3) is 10.9 Å². The van der Waals surface area contributed by atoms with Crippen molar-refractivity contribution in [3.05, 3.63) is 48.7 Å². The van der Waals surface area contributed by atoms with Gasteiger partial charge in [-0.2, -0.15) is 0 Å². The van der Waals surface area contributed by atoms with Crippen molar-refractivity contribution in [1.82, 2.24) is 14.9 Å². The van der Waals surface area contributed by atoms with Crippen molar-refractivity contribution >= 4 is 28.4 Å². The van der Waals surface area contributed by atoms with Crippen LogP contribution in [-0.2, 0) is 4.79 Å². The van der Waals surface area contributed by atoms with E-state index in [1.54, 1.807) is 18.3 Å². The summed E-state index contributed by atoms with van der Waals surface area (Å²) in [7, 11) is 4.20. The van der Waals surface area contributed by atoms with Gasteiger partial charge in [0, 0.05) is 36.4 Å². The number of halogens is 3. The summed E-state index contributed by atoms with van der Waals surface area (Å²) in [6.45, 7) is 1.50. The van der Waals surface area contributed by atoms with E-state index in [4.69, 9.17) is 4.74 Å². The molecule has 0 unspecified atom stereocenters. The zero-order valence-electron chi connectivity index (χ0n) is 19.4. The second-order valence-electron chi connectivity index (χ2n) is 8.48. The van der Waals surface area contributed by atoms with Crippen molar-refractivity contribution in [3.63, 3.8) is 0 Å². The molecule has 0 radical (unpaired) electrons. The fourth-order valence-electron chi connectivity index (χ4n) is 3.92. The van der Waals surface area contributed by atoms with Crippen LogP contribution in [0.5, 0.6) is 11.5 Å². The summed E-state index contributed by atoms with van der Waals surface area (Å²) in [4.78, 5) is 25.9. The van der Waals surface area contributed by atoms with E-state index in [1.165, 1.54) is 12.1 Å². The molecular weight excluding hydrogens is 463 g/mol. The Bertz CT molecular complexity index is 1160. The molecule has 11 heteroatoms. The normalized spacial score (nSPS) is 14.9. The molecule has 3 aromatic rings. The molecule has 186 valence electrons. The van der Waals surface area contributed by atoms with Gasteiger partial charge in [-0.25, -0.2) is 9.97 Å². The molecule has 0 atom stereocenters. The van der Waals surface area contributed by atoms with Crippen LogP contribution in [0.4, 0.5) is 24.8 Å². The van der Waals surface area contributed by atoms with Crippen molar-refractivity contribution in [2.75, 3.05) is 44.0 Å². The Balaban J connectivity index is 1.31. The van der Waals surface area contributed by atoms with E-state index in [0.29, 0.717) is 17.7 Å². The number of carbonyl (C=O) groups is 1. The lowest BCUT2D eigenvalue weighted by molar-refractivity contribution is -0.274. The lowest BCUT2D eigenvalue weighted by Crippen LogP contribution is -2.42. The van der Waals surface area contributed by atoms with Gasteiger partial charge in [0.15, 0.2) is 6.61 Å². The van der Waals surface area contributed by atoms with E-state index < -0.39 is 12.3 Å². The minimum atomic E-state index is -4.77.